The molecule has 7 heteroatoms. The van der Waals surface area contributed by atoms with Crippen molar-refractivity contribution < 1.29 is 4.39 Å². The van der Waals surface area contributed by atoms with E-state index in [2.05, 4.69) is 5.32 Å². The Balaban J connectivity index is 2.32. The van der Waals surface area contributed by atoms with Crippen LogP contribution in [-0.2, 0) is 0 Å². The summed E-state index contributed by atoms with van der Waals surface area (Å²) in [5.74, 6) is -0.537. The molecule has 0 saturated heterocycles. The lowest BCUT2D eigenvalue weighted by Crippen LogP contribution is -2.08. The van der Waals surface area contributed by atoms with Gasteiger partial charge in [0.25, 0.3) is 0 Å². The van der Waals surface area contributed by atoms with Crippen LogP contribution in [0.2, 0.25) is 25.1 Å². The van der Waals surface area contributed by atoms with Crippen molar-refractivity contribution in [3.63, 3.8) is 0 Å². The molecule has 1 nitrogen and oxygen atoms in total. The Morgan fingerprint density at radius 1 is 0.810 bits per heavy atom. The summed E-state index contributed by atoms with van der Waals surface area (Å²) in [6, 6.07) is 5.47. The summed E-state index contributed by atoms with van der Waals surface area (Å²) in [4.78, 5) is 0. The molecule has 1 atom stereocenters. The van der Waals surface area contributed by atoms with Gasteiger partial charge in [0.05, 0.1) is 31.8 Å². The second-order valence-electron chi connectivity index (χ2n) is 4.40. The molecular weight excluding hydrogens is 378 g/mol. The van der Waals surface area contributed by atoms with Gasteiger partial charge in [-0.1, -0.05) is 58.0 Å². The van der Waals surface area contributed by atoms with E-state index in [9.17, 15) is 4.39 Å². The Hall–Kier alpha value is -0.380. The fraction of sp³-hybridized carbons (Fsp3) is 0.143. The zero-order chi connectivity index (χ0) is 15.7. The highest BCUT2D eigenvalue weighted by molar-refractivity contribution is 6.44. The first kappa shape index (κ1) is 17.0. The maximum absolute atomic E-state index is 13.6. The lowest BCUT2D eigenvalue weighted by Gasteiger charge is -2.19. The largest absolute Gasteiger partial charge is 0.377 e. The van der Waals surface area contributed by atoms with Crippen LogP contribution in [0.5, 0.6) is 0 Å². The molecule has 0 fully saturated rings. The van der Waals surface area contributed by atoms with Gasteiger partial charge in [-0.05, 0) is 36.8 Å². The molecule has 0 aromatic heterocycles. The molecule has 0 amide bonds. The van der Waals surface area contributed by atoms with E-state index in [1.165, 1.54) is 18.2 Å². The van der Waals surface area contributed by atoms with Crippen LogP contribution in [0.3, 0.4) is 0 Å². The van der Waals surface area contributed by atoms with E-state index in [1.54, 1.807) is 6.07 Å². The average molecular weight is 387 g/mol. The lowest BCUT2D eigenvalue weighted by molar-refractivity contribution is 0.624. The Labute approximate surface area is 146 Å². The Morgan fingerprint density at radius 3 is 2.05 bits per heavy atom. The van der Waals surface area contributed by atoms with Crippen LogP contribution in [0, 0.1) is 5.82 Å². The Morgan fingerprint density at radius 2 is 1.38 bits per heavy atom. The van der Waals surface area contributed by atoms with Gasteiger partial charge in [-0.25, -0.2) is 4.39 Å². The maximum atomic E-state index is 13.6. The van der Waals surface area contributed by atoms with Crippen molar-refractivity contribution in [3.8, 4) is 0 Å². The summed E-state index contributed by atoms with van der Waals surface area (Å²) >= 11 is 29.7. The molecule has 0 aliphatic carbocycles. The topological polar surface area (TPSA) is 12.0 Å². The van der Waals surface area contributed by atoms with E-state index < -0.39 is 5.82 Å². The molecule has 0 spiro atoms. The fourth-order valence-corrected chi connectivity index (χ4v) is 2.96. The predicted octanol–water partition coefficient (Wildman–Crippen LogP) is 7.27. The number of hydrogen-bond donors (Lipinski definition) is 1. The lowest BCUT2D eigenvalue weighted by atomic mass is 10.1. The van der Waals surface area contributed by atoms with Gasteiger partial charge < -0.3 is 5.32 Å². The van der Waals surface area contributed by atoms with Gasteiger partial charge in [-0.15, -0.1) is 0 Å². The van der Waals surface area contributed by atoms with Gasteiger partial charge in [-0.3, -0.25) is 0 Å². The molecular formula is C14H9Cl5FN. The average Bonchev–Trinajstić information content (AvgIpc) is 2.40. The van der Waals surface area contributed by atoms with Crippen LogP contribution in [0.15, 0.2) is 24.3 Å². The highest BCUT2D eigenvalue weighted by Gasteiger charge is 2.15. The van der Waals surface area contributed by atoms with Gasteiger partial charge in [0, 0.05) is 5.02 Å². The van der Waals surface area contributed by atoms with E-state index in [0.717, 1.165) is 0 Å². The molecule has 0 aliphatic rings. The second kappa shape index (κ2) is 6.80. The first-order valence-corrected chi connectivity index (χ1v) is 7.74. The molecule has 0 radical (unpaired) electrons. The zero-order valence-corrected chi connectivity index (χ0v) is 14.4. The first-order valence-electron chi connectivity index (χ1n) is 5.85. The smallest absolute Gasteiger partial charge is 0.142 e. The maximum Gasteiger partial charge on any atom is 0.142 e. The van der Waals surface area contributed by atoms with Crippen LogP contribution in [0.25, 0.3) is 0 Å². The van der Waals surface area contributed by atoms with Crippen molar-refractivity contribution in [3.05, 3.63) is 60.8 Å². The van der Waals surface area contributed by atoms with Gasteiger partial charge >= 0.3 is 0 Å². The van der Waals surface area contributed by atoms with Crippen LogP contribution >= 0.6 is 58.0 Å². The van der Waals surface area contributed by atoms with Crippen LogP contribution < -0.4 is 5.32 Å². The predicted molar refractivity (Wildman–Crippen MR) is 89.9 cm³/mol. The molecule has 21 heavy (non-hydrogen) atoms. The van der Waals surface area contributed by atoms with Crippen molar-refractivity contribution in [1.29, 1.82) is 0 Å². The van der Waals surface area contributed by atoms with Crippen molar-refractivity contribution in [2.75, 3.05) is 5.32 Å². The summed E-state index contributed by atoms with van der Waals surface area (Å²) in [7, 11) is 0. The highest BCUT2D eigenvalue weighted by Crippen LogP contribution is 2.36. The normalized spacial score (nSPS) is 12.3. The highest BCUT2D eigenvalue weighted by atomic mass is 35.5. The van der Waals surface area contributed by atoms with Gasteiger partial charge in [-0.2, -0.15) is 0 Å². The number of rotatable bonds is 3. The minimum atomic E-state index is -0.537. The third-order valence-corrected chi connectivity index (χ3v) is 4.54. The third-order valence-electron chi connectivity index (χ3n) is 2.89. The minimum Gasteiger partial charge on any atom is -0.377 e. The molecule has 1 N–H and O–H groups in total. The van der Waals surface area contributed by atoms with Gasteiger partial charge in [0.1, 0.15) is 5.82 Å². The third kappa shape index (κ3) is 3.88. The number of nitrogens with one attached hydrogen (secondary N) is 1. The van der Waals surface area contributed by atoms with E-state index >= 15 is 0 Å². The summed E-state index contributed by atoms with van der Waals surface area (Å²) in [5.41, 5.74) is 1.13. The second-order valence-corrected chi connectivity index (χ2v) is 6.44. The van der Waals surface area contributed by atoms with E-state index in [4.69, 9.17) is 58.0 Å². The number of anilines is 1. The molecule has 0 aliphatic heterocycles. The summed E-state index contributed by atoms with van der Waals surface area (Å²) in [6.07, 6.45) is 0. The minimum absolute atomic E-state index is 0.0245. The first-order chi connectivity index (χ1) is 9.79. The van der Waals surface area contributed by atoms with E-state index in [1.807, 2.05) is 6.92 Å². The van der Waals surface area contributed by atoms with Crippen molar-refractivity contribution in [2.45, 2.75) is 13.0 Å². The number of halogens is 6. The quantitative estimate of drug-likeness (QED) is 0.546. The van der Waals surface area contributed by atoms with Crippen molar-refractivity contribution in [2.24, 2.45) is 0 Å². The molecule has 112 valence electrons. The molecule has 2 aromatic carbocycles. The Kier molecular flexibility index (Phi) is 5.50. The monoisotopic (exact) mass is 385 g/mol. The van der Waals surface area contributed by atoms with Crippen molar-refractivity contribution in [1.82, 2.24) is 0 Å². The standard InChI is InChI=1S/C14H9Cl5FN/c1-6(7-2-13(20)11(18)3-8(7)15)21-14-5-10(17)9(16)4-12(14)19/h2-6,21H,1H3. The summed E-state index contributed by atoms with van der Waals surface area (Å²) in [6.45, 7) is 1.81. The van der Waals surface area contributed by atoms with Crippen LogP contribution in [0.4, 0.5) is 10.1 Å². The molecule has 0 bridgehead atoms. The van der Waals surface area contributed by atoms with E-state index in [0.29, 0.717) is 31.3 Å². The van der Waals surface area contributed by atoms with Crippen LogP contribution in [-0.4, -0.2) is 0 Å². The number of benzene rings is 2. The molecule has 2 rings (SSSR count). The summed E-state index contributed by atoms with van der Waals surface area (Å²) in [5, 5.41) is 4.57. The van der Waals surface area contributed by atoms with Crippen molar-refractivity contribution >= 4 is 63.7 Å². The molecule has 0 saturated carbocycles. The van der Waals surface area contributed by atoms with Gasteiger partial charge in [0.15, 0.2) is 0 Å². The molecule has 2 aromatic rings. The zero-order valence-electron chi connectivity index (χ0n) is 10.7. The Bertz CT molecular complexity index is 690. The van der Waals surface area contributed by atoms with E-state index in [-0.39, 0.29) is 11.1 Å². The summed E-state index contributed by atoms with van der Waals surface area (Å²) < 4.78 is 13.6. The fourth-order valence-electron chi connectivity index (χ4n) is 1.81. The molecule has 1 unspecified atom stereocenters. The SMILES string of the molecule is CC(Nc1cc(Cl)c(Cl)cc1Cl)c1cc(F)c(Cl)cc1Cl. The number of hydrogen-bond acceptors (Lipinski definition) is 1. The van der Waals surface area contributed by atoms with Gasteiger partial charge in [0.2, 0.25) is 0 Å². The molecule has 0 heterocycles. The van der Waals surface area contributed by atoms with Crippen LogP contribution in [0.1, 0.15) is 18.5 Å².